The topological polar surface area (TPSA) is 21.7 Å². The molecule has 0 radical (unpaired) electrons. The Hall–Kier alpha value is -0.770. The van der Waals surface area contributed by atoms with Crippen molar-refractivity contribution < 1.29 is 9.47 Å². The number of ether oxygens (including phenoxy) is 2. The number of alkyl halides is 1. The maximum Gasteiger partial charge on any atom is 0.119 e. The van der Waals surface area contributed by atoms with Crippen LogP contribution in [-0.2, 0) is 10.6 Å². The van der Waals surface area contributed by atoms with E-state index in [-0.39, 0.29) is 0 Å². The molecule has 4 heteroatoms. The summed E-state index contributed by atoms with van der Waals surface area (Å²) in [6, 6.07) is 7.93. The molecule has 1 aliphatic heterocycles. The van der Waals surface area contributed by atoms with Gasteiger partial charge in [-0.1, -0.05) is 12.1 Å². The number of nitrogens with zero attached hydrogens (tertiary/aromatic N) is 1. The highest BCUT2D eigenvalue weighted by Gasteiger charge is 2.09. The molecule has 1 saturated heterocycles. The van der Waals surface area contributed by atoms with Crippen LogP contribution in [0, 0.1) is 0 Å². The fraction of sp³-hybridized carbons (Fsp3) is 0.538. The molecule has 1 aromatic rings. The third kappa shape index (κ3) is 4.19. The highest BCUT2D eigenvalue weighted by molar-refractivity contribution is 6.17. The molecule has 0 saturated carbocycles. The lowest BCUT2D eigenvalue weighted by Gasteiger charge is -2.26. The van der Waals surface area contributed by atoms with Crippen molar-refractivity contribution >= 4 is 11.6 Å². The quantitative estimate of drug-likeness (QED) is 0.753. The van der Waals surface area contributed by atoms with Gasteiger partial charge in [-0.05, 0) is 17.7 Å². The van der Waals surface area contributed by atoms with E-state index in [1.165, 1.54) is 0 Å². The Labute approximate surface area is 107 Å². The van der Waals surface area contributed by atoms with E-state index in [9.17, 15) is 0 Å². The maximum absolute atomic E-state index is 5.73. The largest absolute Gasteiger partial charge is 0.492 e. The van der Waals surface area contributed by atoms with Crippen molar-refractivity contribution in [3.63, 3.8) is 0 Å². The molecule has 0 unspecified atom stereocenters. The van der Waals surface area contributed by atoms with Crippen LogP contribution in [0.5, 0.6) is 5.75 Å². The Kier molecular flexibility index (Phi) is 5.10. The molecule has 0 aliphatic carbocycles. The van der Waals surface area contributed by atoms with Gasteiger partial charge >= 0.3 is 0 Å². The van der Waals surface area contributed by atoms with Crippen molar-refractivity contribution in [2.24, 2.45) is 0 Å². The van der Waals surface area contributed by atoms with Gasteiger partial charge in [-0.2, -0.15) is 0 Å². The molecule has 3 nitrogen and oxygen atoms in total. The molecule has 1 fully saturated rings. The van der Waals surface area contributed by atoms with E-state index in [1.54, 1.807) is 0 Å². The van der Waals surface area contributed by atoms with Gasteiger partial charge in [0, 0.05) is 25.5 Å². The van der Waals surface area contributed by atoms with E-state index in [1.807, 2.05) is 24.3 Å². The van der Waals surface area contributed by atoms with E-state index < -0.39 is 0 Å². The van der Waals surface area contributed by atoms with Crippen LogP contribution in [-0.4, -0.2) is 44.4 Å². The van der Waals surface area contributed by atoms with E-state index in [0.29, 0.717) is 5.88 Å². The normalized spacial score (nSPS) is 17.0. The Morgan fingerprint density at radius 2 is 1.88 bits per heavy atom. The van der Waals surface area contributed by atoms with Crippen molar-refractivity contribution in [2.45, 2.75) is 5.88 Å². The molecule has 2 rings (SSSR count). The first-order valence-electron chi connectivity index (χ1n) is 5.96. The number of halogens is 1. The number of rotatable bonds is 5. The van der Waals surface area contributed by atoms with Gasteiger partial charge in [-0.3, -0.25) is 4.90 Å². The summed E-state index contributed by atoms with van der Waals surface area (Å²) >= 11 is 5.73. The van der Waals surface area contributed by atoms with Crippen LogP contribution in [0.2, 0.25) is 0 Å². The molecular formula is C13H18ClNO2. The van der Waals surface area contributed by atoms with Crippen LogP contribution < -0.4 is 4.74 Å². The monoisotopic (exact) mass is 255 g/mol. The third-order valence-corrected chi connectivity index (χ3v) is 3.17. The summed E-state index contributed by atoms with van der Waals surface area (Å²) in [5.74, 6) is 1.46. The van der Waals surface area contributed by atoms with Gasteiger partial charge in [-0.25, -0.2) is 0 Å². The van der Waals surface area contributed by atoms with Crippen molar-refractivity contribution in [1.82, 2.24) is 4.90 Å². The summed E-state index contributed by atoms with van der Waals surface area (Å²) in [6.07, 6.45) is 0. The number of hydrogen-bond acceptors (Lipinski definition) is 3. The van der Waals surface area contributed by atoms with Gasteiger partial charge in [-0.15, -0.1) is 11.6 Å². The Balaban J connectivity index is 1.69. The molecule has 0 N–H and O–H groups in total. The molecule has 0 amide bonds. The molecule has 0 bridgehead atoms. The smallest absolute Gasteiger partial charge is 0.119 e. The first kappa shape index (κ1) is 12.7. The highest BCUT2D eigenvalue weighted by atomic mass is 35.5. The average molecular weight is 256 g/mol. The van der Waals surface area contributed by atoms with Crippen molar-refractivity contribution in [3.8, 4) is 5.75 Å². The fourth-order valence-electron chi connectivity index (χ4n) is 1.79. The van der Waals surface area contributed by atoms with Crippen LogP contribution in [0.1, 0.15) is 5.56 Å². The molecule has 0 spiro atoms. The van der Waals surface area contributed by atoms with E-state index in [2.05, 4.69) is 4.90 Å². The molecule has 94 valence electrons. The summed E-state index contributed by atoms with van der Waals surface area (Å²) in [4.78, 5) is 2.36. The zero-order valence-electron chi connectivity index (χ0n) is 9.90. The van der Waals surface area contributed by atoms with Gasteiger partial charge in [0.15, 0.2) is 0 Å². The molecule has 17 heavy (non-hydrogen) atoms. The first-order chi connectivity index (χ1) is 8.38. The van der Waals surface area contributed by atoms with Gasteiger partial charge < -0.3 is 9.47 Å². The van der Waals surface area contributed by atoms with E-state index in [4.69, 9.17) is 21.1 Å². The lowest BCUT2D eigenvalue weighted by atomic mass is 10.2. The molecular weight excluding hydrogens is 238 g/mol. The molecule has 1 heterocycles. The van der Waals surface area contributed by atoms with Crippen molar-refractivity contribution in [1.29, 1.82) is 0 Å². The summed E-state index contributed by atoms with van der Waals surface area (Å²) in [7, 11) is 0. The second-order valence-corrected chi connectivity index (χ2v) is 4.35. The number of hydrogen-bond donors (Lipinski definition) is 0. The second kappa shape index (κ2) is 6.84. The number of benzene rings is 1. The lowest BCUT2D eigenvalue weighted by molar-refractivity contribution is 0.0322. The molecule has 1 aromatic carbocycles. The van der Waals surface area contributed by atoms with Crippen LogP contribution >= 0.6 is 11.6 Å². The zero-order valence-corrected chi connectivity index (χ0v) is 10.7. The molecule has 0 aromatic heterocycles. The summed E-state index contributed by atoms with van der Waals surface area (Å²) in [5, 5.41) is 0. The average Bonchev–Trinajstić information content (AvgIpc) is 2.41. The highest BCUT2D eigenvalue weighted by Crippen LogP contribution is 2.13. The minimum atomic E-state index is 0.550. The Morgan fingerprint density at radius 1 is 1.18 bits per heavy atom. The number of morpholine rings is 1. The van der Waals surface area contributed by atoms with Gasteiger partial charge in [0.05, 0.1) is 13.2 Å². The van der Waals surface area contributed by atoms with Crippen LogP contribution in [0.4, 0.5) is 0 Å². The van der Waals surface area contributed by atoms with Crippen molar-refractivity contribution in [3.05, 3.63) is 29.8 Å². The minimum Gasteiger partial charge on any atom is -0.492 e. The van der Waals surface area contributed by atoms with Crippen molar-refractivity contribution in [2.75, 3.05) is 39.5 Å². The van der Waals surface area contributed by atoms with Gasteiger partial charge in [0.1, 0.15) is 12.4 Å². The standard InChI is InChI=1S/C13H18ClNO2/c14-11-12-1-3-13(4-2-12)17-10-7-15-5-8-16-9-6-15/h1-4H,5-11H2. The van der Waals surface area contributed by atoms with Crippen LogP contribution in [0.15, 0.2) is 24.3 Å². The Bertz CT molecular complexity index is 323. The maximum atomic E-state index is 5.73. The summed E-state index contributed by atoms with van der Waals surface area (Å²) in [6.45, 7) is 5.37. The predicted octanol–water partition coefficient (Wildman–Crippen LogP) is 2.14. The van der Waals surface area contributed by atoms with Crippen LogP contribution in [0.3, 0.4) is 0 Å². The first-order valence-corrected chi connectivity index (χ1v) is 6.50. The zero-order chi connectivity index (χ0) is 11.9. The van der Waals surface area contributed by atoms with Crippen LogP contribution in [0.25, 0.3) is 0 Å². The molecule has 0 atom stereocenters. The summed E-state index contributed by atoms with van der Waals surface area (Å²) < 4.78 is 11.0. The lowest BCUT2D eigenvalue weighted by Crippen LogP contribution is -2.38. The van der Waals surface area contributed by atoms with Gasteiger partial charge in [0.2, 0.25) is 0 Å². The predicted molar refractivity (Wildman–Crippen MR) is 68.8 cm³/mol. The Morgan fingerprint density at radius 3 is 2.53 bits per heavy atom. The van der Waals surface area contributed by atoms with E-state index in [0.717, 1.165) is 50.8 Å². The van der Waals surface area contributed by atoms with E-state index >= 15 is 0 Å². The van der Waals surface area contributed by atoms with Gasteiger partial charge in [0.25, 0.3) is 0 Å². The summed E-state index contributed by atoms with van der Waals surface area (Å²) in [5.41, 5.74) is 1.12. The fourth-order valence-corrected chi connectivity index (χ4v) is 1.97. The minimum absolute atomic E-state index is 0.550. The molecule has 1 aliphatic rings. The second-order valence-electron chi connectivity index (χ2n) is 4.08. The SMILES string of the molecule is ClCc1ccc(OCCN2CCOCC2)cc1. The third-order valence-electron chi connectivity index (χ3n) is 2.86.